The minimum absolute atomic E-state index is 0.0256. The Hall–Kier alpha value is -2.21. The van der Waals surface area contributed by atoms with Crippen LogP contribution in [0.15, 0.2) is 29.6 Å². The lowest BCUT2D eigenvalue weighted by Crippen LogP contribution is -2.24. The zero-order valence-corrected chi connectivity index (χ0v) is 16.1. The van der Waals surface area contributed by atoms with Gasteiger partial charge >= 0.3 is 0 Å². The molecule has 5 nitrogen and oxygen atoms in total. The van der Waals surface area contributed by atoms with E-state index in [9.17, 15) is 9.59 Å². The molecule has 138 valence electrons. The third-order valence-electron chi connectivity index (χ3n) is 4.84. The van der Waals surface area contributed by atoms with Gasteiger partial charge in [0.1, 0.15) is 0 Å². The predicted molar refractivity (Wildman–Crippen MR) is 105 cm³/mol. The Labute approximate surface area is 158 Å². The summed E-state index contributed by atoms with van der Waals surface area (Å²) < 4.78 is 0. The van der Waals surface area contributed by atoms with Gasteiger partial charge in [-0.3, -0.25) is 9.59 Å². The van der Waals surface area contributed by atoms with Crippen LogP contribution in [0.4, 0.5) is 5.13 Å². The van der Waals surface area contributed by atoms with Gasteiger partial charge in [0.2, 0.25) is 11.8 Å². The number of carbonyl (C=O) groups excluding carboxylic acids is 2. The predicted octanol–water partition coefficient (Wildman–Crippen LogP) is 4.53. The van der Waals surface area contributed by atoms with E-state index in [4.69, 9.17) is 0 Å². The highest BCUT2D eigenvalue weighted by Gasteiger charge is 2.22. The van der Waals surface area contributed by atoms with Gasteiger partial charge < -0.3 is 10.6 Å². The lowest BCUT2D eigenvalue weighted by molar-refractivity contribution is -0.121. The Morgan fingerprint density at radius 3 is 2.50 bits per heavy atom. The Morgan fingerprint density at radius 2 is 1.85 bits per heavy atom. The summed E-state index contributed by atoms with van der Waals surface area (Å²) in [5, 5.41) is 8.47. The van der Waals surface area contributed by atoms with Crippen molar-refractivity contribution < 1.29 is 9.59 Å². The molecule has 1 heterocycles. The molecule has 1 aromatic heterocycles. The van der Waals surface area contributed by atoms with Crippen molar-refractivity contribution in [2.75, 3.05) is 5.32 Å². The molecule has 3 rings (SSSR count). The first kappa shape index (κ1) is 18.6. The highest BCUT2D eigenvalue weighted by Crippen LogP contribution is 2.28. The molecule has 1 aromatic carbocycles. The number of nitrogens with zero attached hydrogens (tertiary/aromatic N) is 1. The quantitative estimate of drug-likeness (QED) is 0.811. The second-order valence-corrected chi connectivity index (χ2v) is 7.76. The Kier molecular flexibility index (Phi) is 6.04. The molecule has 6 heteroatoms. The molecule has 0 radical (unpaired) electrons. The van der Waals surface area contributed by atoms with Crippen LogP contribution in [0.3, 0.4) is 0 Å². The van der Waals surface area contributed by atoms with Crippen LogP contribution in [0.25, 0.3) is 11.3 Å². The fraction of sp³-hybridized carbons (Fsp3) is 0.450. The first-order valence-corrected chi connectivity index (χ1v) is 10.0. The maximum absolute atomic E-state index is 12.3. The van der Waals surface area contributed by atoms with E-state index >= 15 is 0 Å². The van der Waals surface area contributed by atoms with Gasteiger partial charge in [0.05, 0.1) is 11.7 Å². The molecule has 0 unspecified atom stereocenters. The molecule has 2 aromatic rings. The molecule has 26 heavy (non-hydrogen) atoms. The number of aromatic nitrogens is 1. The van der Waals surface area contributed by atoms with Gasteiger partial charge in [-0.15, -0.1) is 11.3 Å². The largest absolute Gasteiger partial charge is 0.350 e. The first-order valence-electron chi connectivity index (χ1n) is 9.17. The van der Waals surface area contributed by atoms with Gasteiger partial charge in [-0.05, 0) is 25.3 Å². The smallest absolute Gasteiger partial charge is 0.229 e. The molecule has 1 saturated carbocycles. The summed E-state index contributed by atoms with van der Waals surface area (Å²) >= 11 is 1.46. The maximum atomic E-state index is 12.3. The van der Waals surface area contributed by atoms with Crippen LogP contribution in [-0.4, -0.2) is 16.8 Å². The molecule has 0 bridgehead atoms. The van der Waals surface area contributed by atoms with Crippen molar-refractivity contribution in [3.63, 3.8) is 0 Å². The van der Waals surface area contributed by atoms with E-state index in [-0.39, 0.29) is 23.8 Å². The number of thiazole rings is 1. The molecule has 1 aliphatic carbocycles. The Balaban J connectivity index is 1.63. The molecule has 0 spiro atoms. The zero-order valence-electron chi connectivity index (χ0n) is 15.2. The van der Waals surface area contributed by atoms with Crippen molar-refractivity contribution in [2.24, 2.45) is 5.92 Å². The molecule has 2 N–H and O–H groups in total. The van der Waals surface area contributed by atoms with Crippen molar-refractivity contribution in [1.29, 1.82) is 0 Å². The number of hydrogen-bond acceptors (Lipinski definition) is 4. The molecule has 1 fully saturated rings. The molecule has 0 saturated heterocycles. The molecule has 1 atom stereocenters. The Bertz CT molecular complexity index is 764. The summed E-state index contributed by atoms with van der Waals surface area (Å²) in [7, 11) is 0. The second kappa shape index (κ2) is 8.45. The summed E-state index contributed by atoms with van der Waals surface area (Å²) in [6, 6.07) is 7.96. The van der Waals surface area contributed by atoms with Crippen LogP contribution in [0, 0.1) is 5.92 Å². The van der Waals surface area contributed by atoms with Crippen LogP contribution in [0.5, 0.6) is 0 Å². The molecule has 1 aliphatic rings. The van der Waals surface area contributed by atoms with E-state index in [2.05, 4.69) is 15.6 Å². The standard InChI is InChI=1S/C20H25N3O2S/c1-13(21-14(2)24)15-8-10-16(11-9-15)18-12-26-20(22-18)23-19(25)17-6-4-3-5-7-17/h8-13,17H,3-7H2,1-2H3,(H,21,24)(H,22,23,25)/t13-/m1/s1. The number of nitrogens with one attached hydrogen (secondary N) is 2. The number of hydrogen-bond donors (Lipinski definition) is 2. The van der Waals surface area contributed by atoms with Crippen molar-refractivity contribution in [2.45, 2.75) is 52.0 Å². The number of amides is 2. The maximum Gasteiger partial charge on any atom is 0.229 e. The molecular weight excluding hydrogens is 346 g/mol. The number of carbonyl (C=O) groups is 2. The molecular formula is C20H25N3O2S. The number of anilines is 1. The minimum atomic E-state index is -0.0422. The van der Waals surface area contributed by atoms with E-state index in [1.54, 1.807) is 0 Å². The van der Waals surface area contributed by atoms with Crippen molar-refractivity contribution in [1.82, 2.24) is 10.3 Å². The topological polar surface area (TPSA) is 71.1 Å². The fourth-order valence-corrected chi connectivity index (χ4v) is 4.09. The van der Waals surface area contributed by atoms with Crippen LogP contribution >= 0.6 is 11.3 Å². The highest BCUT2D eigenvalue weighted by atomic mass is 32.1. The van der Waals surface area contributed by atoms with Gasteiger partial charge in [0.15, 0.2) is 5.13 Å². The van der Waals surface area contributed by atoms with E-state index in [1.165, 1.54) is 24.7 Å². The first-order chi connectivity index (χ1) is 12.5. The summed E-state index contributed by atoms with van der Waals surface area (Å²) in [5.41, 5.74) is 2.90. The van der Waals surface area contributed by atoms with Gasteiger partial charge in [-0.1, -0.05) is 43.5 Å². The van der Waals surface area contributed by atoms with E-state index in [0.717, 1.165) is 42.5 Å². The zero-order chi connectivity index (χ0) is 18.5. The van der Waals surface area contributed by atoms with Gasteiger partial charge in [0, 0.05) is 23.8 Å². The average Bonchev–Trinajstić information content (AvgIpc) is 3.10. The van der Waals surface area contributed by atoms with Gasteiger partial charge in [-0.25, -0.2) is 4.98 Å². The number of benzene rings is 1. The summed E-state index contributed by atoms with van der Waals surface area (Å²) in [4.78, 5) is 28.1. The summed E-state index contributed by atoms with van der Waals surface area (Å²) in [5.74, 6) is 0.190. The van der Waals surface area contributed by atoms with Crippen LogP contribution in [0.2, 0.25) is 0 Å². The lowest BCUT2D eigenvalue weighted by atomic mass is 9.89. The van der Waals surface area contributed by atoms with Crippen LogP contribution in [-0.2, 0) is 9.59 Å². The van der Waals surface area contributed by atoms with Crippen LogP contribution in [0.1, 0.15) is 57.6 Å². The van der Waals surface area contributed by atoms with Gasteiger partial charge in [0.25, 0.3) is 0 Å². The average molecular weight is 372 g/mol. The second-order valence-electron chi connectivity index (χ2n) is 6.91. The monoisotopic (exact) mass is 371 g/mol. The van der Waals surface area contributed by atoms with E-state index in [0.29, 0.717) is 5.13 Å². The minimum Gasteiger partial charge on any atom is -0.350 e. The van der Waals surface area contributed by atoms with Crippen molar-refractivity contribution in [3.05, 3.63) is 35.2 Å². The lowest BCUT2D eigenvalue weighted by Gasteiger charge is -2.19. The van der Waals surface area contributed by atoms with Crippen LogP contribution < -0.4 is 10.6 Å². The normalized spacial score (nSPS) is 16.1. The van der Waals surface area contributed by atoms with Gasteiger partial charge in [-0.2, -0.15) is 0 Å². The summed E-state index contributed by atoms with van der Waals surface area (Å²) in [6.07, 6.45) is 5.49. The SMILES string of the molecule is CC(=O)N[C@H](C)c1ccc(-c2csc(NC(=O)C3CCCCC3)n2)cc1. The molecule has 2 amide bonds. The van der Waals surface area contributed by atoms with E-state index < -0.39 is 0 Å². The molecule has 0 aliphatic heterocycles. The van der Waals surface area contributed by atoms with Crippen molar-refractivity contribution in [3.8, 4) is 11.3 Å². The van der Waals surface area contributed by atoms with Crippen molar-refractivity contribution >= 4 is 28.3 Å². The third kappa shape index (κ3) is 4.69. The Morgan fingerprint density at radius 1 is 1.15 bits per heavy atom. The number of rotatable bonds is 5. The third-order valence-corrected chi connectivity index (χ3v) is 5.59. The van der Waals surface area contributed by atoms with E-state index in [1.807, 2.05) is 36.6 Å². The highest BCUT2D eigenvalue weighted by molar-refractivity contribution is 7.14. The summed E-state index contributed by atoms with van der Waals surface area (Å²) in [6.45, 7) is 3.47. The fourth-order valence-electron chi connectivity index (χ4n) is 3.37.